The number of furan rings is 2. The van der Waals surface area contributed by atoms with Gasteiger partial charge in [-0.3, -0.25) is 0 Å². The van der Waals surface area contributed by atoms with E-state index in [2.05, 4.69) is 109 Å². The Morgan fingerprint density at radius 1 is 0.316 bits per heavy atom. The minimum atomic E-state index is 0.594. The second-order valence-corrected chi connectivity index (χ2v) is 15.4. The minimum absolute atomic E-state index is 0.594. The number of benzene rings is 8. The molecular weight excluding hydrogens is 719 g/mol. The van der Waals surface area contributed by atoms with Gasteiger partial charge in [-0.15, -0.1) is 11.3 Å². The fourth-order valence-electron chi connectivity index (χ4n) is 8.36. The van der Waals surface area contributed by atoms with E-state index < -0.39 is 0 Å². The van der Waals surface area contributed by atoms with Crippen LogP contribution < -0.4 is 0 Å². The van der Waals surface area contributed by atoms with E-state index >= 15 is 0 Å². The summed E-state index contributed by atoms with van der Waals surface area (Å²) in [5, 5.41) is 6.85. The largest absolute Gasteiger partial charge is 0.456 e. The average Bonchev–Trinajstić information content (AvgIpc) is 3.97. The summed E-state index contributed by atoms with van der Waals surface area (Å²) in [6.07, 6.45) is 0. The van der Waals surface area contributed by atoms with Gasteiger partial charge >= 0.3 is 0 Å². The second kappa shape index (κ2) is 12.6. The topological polar surface area (TPSA) is 65.0 Å². The fraction of sp³-hybridized carbons (Fsp3) is 0. The Bertz CT molecular complexity index is 3540. The van der Waals surface area contributed by atoms with E-state index in [4.69, 9.17) is 23.8 Å². The van der Waals surface area contributed by atoms with Crippen molar-refractivity contribution in [2.45, 2.75) is 0 Å². The number of fused-ring (bicyclic) bond motifs is 9. The lowest BCUT2D eigenvalue weighted by atomic mass is 9.90. The van der Waals surface area contributed by atoms with Crippen molar-refractivity contribution in [1.29, 1.82) is 0 Å². The summed E-state index contributed by atoms with van der Waals surface area (Å²) < 4.78 is 14.9. The molecule has 57 heavy (non-hydrogen) atoms. The molecule has 0 saturated heterocycles. The normalized spacial score (nSPS) is 11.9. The van der Waals surface area contributed by atoms with Crippen molar-refractivity contribution < 1.29 is 8.83 Å². The Balaban J connectivity index is 1.01. The highest BCUT2D eigenvalue weighted by atomic mass is 32.1. The van der Waals surface area contributed by atoms with Gasteiger partial charge in [0.2, 0.25) is 0 Å². The summed E-state index contributed by atoms with van der Waals surface area (Å²) >= 11 is 1.79. The number of para-hydroxylation sites is 2. The van der Waals surface area contributed by atoms with Gasteiger partial charge in [0, 0.05) is 58.4 Å². The smallest absolute Gasteiger partial charge is 0.164 e. The second-order valence-electron chi connectivity index (χ2n) is 14.3. The van der Waals surface area contributed by atoms with Crippen molar-refractivity contribution in [1.82, 2.24) is 15.0 Å². The van der Waals surface area contributed by atoms with E-state index in [0.717, 1.165) is 66.1 Å². The van der Waals surface area contributed by atoms with Gasteiger partial charge in [-0.1, -0.05) is 133 Å². The van der Waals surface area contributed by atoms with Crippen molar-refractivity contribution in [2.24, 2.45) is 0 Å². The molecule has 4 heterocycles. The molecule has 0 saturated carbocycles. The van der Waals surface area contributed by atoms with Crippen LogP contribution in [-0.2, 0) is 0 Å². The lowest BCUT2D eigenvalue weighted by Crippen LogP contribution is -2.00. The first-order chi connectivity index (χ1) is 28.2. The van der Waals surface area contributed by atoms with E-state index in [0.29, 0.717) is 17.5 Å². The van der Waals surface area contributed by atoms with Gasteiger partial charge in [0.15, 0.2) is 17.5 Å². The van der Waals surface area contributed by atoms with Gasteiger partial charge in [0.1, 0.15) is 22.3 Å². The zero-order valence-electron chi connectivity index (χ0n) is 30.3. The van der Waals surface area contributed by atoms with Crippen molar-refractivity contribution in [2.75, 3.05) is 0 Å². The number of thiophene rings is 1. The highest BCUT2D eigenvalue weighted by Crippen LogP contribution is 2.46. The lowest BCUT2D eigenvalue weighted by molar-refractivity contribution is 0.668. The van der Waals surface area contributed by atoms with Crippen molar-refractivity contribution in [3.8, 4) is 56.4 Å². The maximum Gasteiger partial charge on any atom is 0.164 e. The molecular formula is C51H29N3O2S. The Kier molecular flexibility index (Phi) is 7.03. The van der Waals surface area contributed by atoms with Crippen molar-refractivity contribution in [3.05, 3.63) is 176 Å². The molecule has 0 fully saturated rings. The summed E-state index contributed by atoms with van der Waals surface area (Å²) in [5.41, 5.74) is 10.9. The van der Waals surface area contributed by atoms with Crippen LogP contribution in [0.1, 0.15) is 0 Å². The van der Waals surface area contributed by atoms with Crippen LogP contribution in [-0.4, -0.2) is 15.0 Å². The number of rotatable bonds is 5. The summed E-state index contributed by atoms with van der Waals surface area (Å²) in [6.45, 7) is 0. The molecule has 266 valence electrons. The van der Waals surface area contributed by atoms with E-state index in [1.807, 2.05) is 66.7 Å². The molecule has 0 aliphatic heterocycles. The van der Waals surface area contributed by atoms with E-state index in [1.165, 1.54) is 36.9 Å². The summed E-state index contributed by atoms with van der Waals surface area (Å²) in [7, 11) is 0. The minimum Gasteiger partial charge on any atom is -0.456 e. The standard InChI is InChI=1S/C51H29N3O2S/c1-2-12-30(13-3-1)49-52-50(31-24-26-36-35-16-6-8-20-41(35)56-44(36)28-31)54-51(53-49)32-25-27-40-46(29-32)57-45-23-11-19-38(48(40)45)34-15-5-4-14-33(34)37-18-10-22-43-47(37)39-17-7-9-21-42(39)55-43/h1-29H. The van der Waals surface area contributed by atoms with Crippen LogP contribution >= 0.6 is 11.3 Å². The maximum atomic E-state index is 6.30. The van der Waals surface area contributed by atoms with Crippen LogP contribution in [0.25, 0.3) is 120 Å². The molecule has 0 atom stereocenters. The van der Waals surface area contributed by atoms with Crippen LogP contribution in [0.3, 0.4) is 0 Å². The number of nitrogens with zero attached hydrogens (tertiary/aromatic N) is 3. The third kappa shape index (κ3) is 5.12. The zero-order chi connectivity index (χ0) is 37.5. The third-order valence-electron chi connectivity index (χ3n) is 11.0. The molecule has 6 heteroatoms. The molecule has 8 aromatic carbocycles. The third-order valence-corrected chi connectivity index (χ3v) is 12.1. The summed E-state index contributed by atoms with van der Waals surface area (Å²) in [6, 6.07) is 61.0. The van der Waals surface area contributed by atoms with E-state index in [1.54, 1.807) is 11.3 Å². The molecule has 0 unspecified atom stereocenters. The Labute approximate surface area is 330 Å². The van der Waals surface area contributed by atoms with Crippen LogP contribution in [0.4, 0.5) is 0 Å². The molecule has 12 rings (SSSR count). The van der Waals surface area contributed by atoms with Crippen LogP contribution in [0.5, 0.6) is 0 Å². The number of aromatic nitrogens is 3. The molecule has 0 radical (unpaired) electrons. The Morgan fingerprint density at radius 2 is 0.842 bits per heavy atom. The molecule has 0 aliphatic carbocycles. The monoisotopic (exact) mass is 747 g/mol. The van der Waals surface area contributed by atoms with Crippen molar-refractivity contribution >= 4 is 75.4 Å². The molecule has 0 spiro atoms. The van der Waals surface area contributed by atoms with E-state index in [9.17, 15) is 0 Å². The van der Waals surface area contributed by atoms with Gasteiger partial charge in [0.05, 0.1) is 0 Å². The molecule has 4 aromatic heterocycles. The average molecular weight is 748 g/mol. The molecule has 0 N–H and O–H groups in total. The zero-order valence-corrected chi connectivity index (χ0v) is 31.1. The fourth-order valence-corrected chi connectivity index (χ4v) is 9.53. The first-order valence-electron chi connectivity index (χ1n) is 18.9. The van der Waals surface area contributed by atoms with Crippen molar-refractivity contribution in [3.63, 3.8) is 0 Å². The summed E-state index contributed by atoms with van der Waals surface area (Å²) in [5.74, 6) is 1.84. The highest BCUT2D eigenvalue weighted by Gasteiger charge is 2.20. The van der Waals surface area contributed by atoms with Gasteiger partial charge in [-0.05, 0) is 64.7 Å². The number of hydrogen-bond donors (Lipinski definition) is 0. The van der Waals surface area contributed by atoms with Gasteiger partial charge in [-0.25, -0.2) is 15.0 Å². The highest BCUT2D eigenvalue weighted by molar-refractivity contribution is 7.26. The van der Waals surface area contributed by atoms with Crippen LogP contribution in [0.15, 0.2) is 185 Å². The predicted molar refractivity (Wildman–Crippen MR) is 234 cm³/mol. The molecule has 12 aromatic rings. The maximum absolute atomic E-state index is 6.30. The number of hydrogen-bond acceptors (Lipinski definition) is 6. The lowest BCUT2D eigenvalue weighted by Gasteiger charge is -2.13. The first kappa shape index (κ1) is 31.9. The van der Waals surface area contributed by atoms with Gasteiger partial charge in [0.25, 0.3) is 0 Å². The Morgan fingerprint density at radius 3 is 1.61 bits per heavy atom. The van der Waals surface area contributed by atoms with E-state index in [-0.39, 0.29) is 0 Å². The molecule has 0 amide bonds. The molecule has 0 aliphatic rings. The SMILES string of the molecule is c1ccc(-c2nc(-c3ccc4c(c3)oc3ccccc34)nc(-c3ccc4c(c3)sc3cccc(-c5ccccc5-c5cccc6oc7ccccc7c56)c34)n2)cc1. The summed E-state index contributed by atoms with van der Waals surface area (Å²) in [4.78, 5) is 15.2. The molecule has 5 nitrogen and oxygen atoms in total. The Hall–Kier alpha value is -7.41. The van der Waals surface area contributed by atoms with Crippen LogP contribution in [0.2, 0.25) is 0 Å². The molecule has 0 bridgehead atoms. The van der Waals surface area contributed by atoms with Gasteiger partial charge in [-0.2, -0.15) is 0 Å². The van der Waals surface area contributed by atoms with Crippen LogP contribution in [0, 0.1) is 0 Å². The predicted octanol–water partition coefficient (Wildman–Crippen LogP) is 14.4. The quantitative estimate of drug-likeness (QED) is 0.175. The first-order valence-corrected chi connectivity index (χ1v) is 19.7. The van der Waals surface area contributed by atoms with Gasteiger partial charge < -0.3 is 8.83 Å².